The molecule has 0 bridgehead atoms. The van der Waals surface area contributed by atoms with Crippen LogP contribution in [0.3, 0.4) is 0 Å². The highest BCUT2D eigenvalue weighted by Gasteiger charge is 2.32. The zero-order valence-corrected chi connectivity index (χ0v) is 23.5. The summed E-state index contributed by atoms with van der Waals surface area (Å²) in [5.41, 5.74) is 3.69. The number of carbonyl (C=O) groups is 2. The van der Waals surface area contributed by atoms with E-state index in [1.165, 1.54) is 11.8 Å². The number of thioether (sulfide) groups is 1. The quantitative estimate of drug-likeness (QED) is 0.194. The van der Waals surface area contributed by atoms with Gasteiger partial charge in [-0.1, -0.05) is 65.8 Å². The molecule has 204 valence electrons. The Morgan fingerprint density at radius 2 is 1.65 bits per heavy atom. The smallest absolute Gasteiger partial charge is 0.251 e. The molecule has 5 rings (SSSR count). The van der Waals surface area contributed by atoms with Crippen molar-refractivity contribution < 1.29 is 19.1 Å². The fourth-order valence-electron chi connectivity index (χ4n) is 4.37. The topological polar surface area (TPSA) is 93.7 Å². The molecule has 10 heteroatoms. The Morgan fingerprint density at radius 1 is 0.950 bits per heavy atom. The number of nitrogens with one attached hydrogen (secondary N) is 1. The molecule has 1 aliphatic heterocycles. The number of aromatic nitrogens is 2. The molecular weight excluding hydrogens is 548 g/mol. The number of rotatable bonds is 9. The molecule has 8 nitrogen and oxygen atoms in total. The Labute approximate surface area is 241 Å². The predicted molar refractivity (Wildman–Crippen MR) is 155 cm³/mol. The minimum atomic E-state index is -0.948. The maximum Gasteiger partial charge on any atom is 0.251 e. The van der Waals surface area contributed by atoms with Gasteiger partial charge in [0, 0.05) is 34.7 Å². The van der Waals surface area contributed by atoms with E-state index in [0.29, 0.717) is 32.9 Å². The van der Waals surface area contributed by atoms with Crippen molar-refractivity contribution >= 4 is 40.9 Å². The fraction of sp³-hybridized carbons (Fsp3) is 0.200. The number of hydrogen-bond acceptors (Lipinski definition) is 7. The van der Waals surface area contributed by atoms with Gasteiger partial charge in [-0.25, -0.2) is 9.97 Å². The Kier molecular flexibility index (Phi) is 8.52. The zero-order chi connectivity index (χ0) is 28.1. The normalized spacial score (nSPS) is 12.6. The van der Waals surface area contributed by atoms with Crippen LogP contribution in [0.4, 0.5) is 5.69 Å². The van der Waals surface area contributed by atoms with Crippen LogP contribution < -0.4 is 14.8 Å². The highest BCUT2D eigenvalue weighted by atomic mass is 35.5. The van der Waals surface area contributed by atoms with Crippen molar-refractivity contribution in [2.75, 3.05) is 17.9 Å². The first-order chi connectivity index (χ1) is 19.4. The van der Waals surface area contributed by atoms with Crippen LogP contribution >= 0.6 is 23.4 Å². The molecule has 2 amide bonds. The number of halogens is 1. The summed E-state index contributed by atoms with van der Waals surface area (Å²) in [7, 11) is 0. The maximum absolute atomic E-state index is 14.0. The van der Waals surface area contributed by atoms with Crippen molar-refractivity contribution in [2.45, 2.75) is 31.6 Å². The number of ether oxygens (including phenoxy) is 2. The van der Waals surface area contributed by atoms with E-state index in [1.807, 2.05) is 50.2 Å². The summed E-state index contributed by atoms with van der Waals surface area (Å²) in [6, 6.07) is 22.6. The Bertz CT molecular complexity index is 1500. The van der Waals surface area contributed by atoms with Gasteiger partial charge in [0.15, 0.2) is 16.7 Å². The second kappa shape index (κ2) is 12.4. The van der Waals surface area contributed by atoms with Crippen LogP contribution in [0.5, 0.6) is 11.5 Å². The highest BCUT2D eigenvalue weighted by Crippen LogP contribution is 2.35. The minimum Gasteiger partial charge on any atom is -0.454 e. The third-order valence-electron chi connectivity index (χ3n) is 6.19. The van der Waals surface area contributed by atoms with Crippen molar-refractivity contribution in [3.8, 4) is 11.5 Å². The van der Waals surface area contributed by atoms with Crippen molar-refractivity contribution in [1.29, 1.82) is 0 Å². The molecule has 0 aliphatic carbocycles. The second-order valence-electron chi connectivity index (χ2n) is 9.24. The molecule has 1 N–H and O–H groups in total. The molecule has 1 aliphatic rings. The van der Waals surface area contributed by atoms with E-state index in [1.54, 1.807) is 47.4 Å². The summed E-state index contributed by atoms with van der Waals surface area (Å²) >= 11 is 7.41. The molecule has 0 fully saturated rings. The van der Waals surface area contributed by atoms with E-state index in [4.69, 9.17) is 21.1 Å². The van der Waals surface area contributed by atoms with E-state index < -0.39 is 6.04 Å². The third kappa shape index (κ3) is 6.73. The van der Waals surface area contributed by atoms with E-state index >= 15 is 0 Å². The monoisotopic (exact) mass is 574 g/mol. The van der Waals surface area contributed by atoms with Crippen LogP contribution in [0.15, 0.2) is 84.0 Å². The lowest BCUT2D eigenvalue weighted by atomic mass is 10.0. The Balaban J connectivity index is 1.47. The Hall–Kier alpha value is -4.08. The summed E-state index contributed by atoms with van der Waals surface area (Å²) in [5.74, 6) is 0.592. The van der Waals surface area contributed by atoms with E-state index in [0.717, 1.165) is 17.0 Å². The average molecular weight is 575 g/mol. The van der Waals surface area contributed by atoms with Crippen LogP contribution in [0, 0.1) is 13.8 Å². The number of nitrogens with zero attached hydrogens (tertiary/aromatic N) is 3. The van der Waals surface area contributed by atoms with Gasteiger partial charge in [-0.05, 0) is 55.3 Å². The molecule has 0 saturated heterocycles. The molecule has 3 aromatic carbocycles. The van der Waals surface area contributed by atoms with Crippen molar-refractivity contribution in [2.24, 2.45) is 0 Å². The van der Waals surface area contributed by atoms with Gasteiger partial charge in [0.05, 0.1) is 5.75 Å². The first-order valence-electron chi connectivity index (χ1n) is 12.6. The van der Waals surface area contributed by atoms with Gasteiger partial charge >= 0.3 is 0 Å². The molecule has 0 radical (unpaired) electrons. The lowest BCUT2D eigenvalue weighted by molar-refractivity contribution is -0.137. The van der Waals surface area contributed by atoms with Gasteiger partial charge < -0.3 is 19.7 Å². The van der Waals surface area contributed by atoms with E-state index in [2.05, 4.69) is 15.3 Å². The van der Waals surface area contributed by atoms with Gasteiger partial charge in [0.2, 0.25) is 12.7 Å². The molecule has 1 atom stereocenters. The summed E-state index contributed by atoms with van der Waals surface area (Å²) in [6.07, 6.45) is 0. The first-order valence-corrected chi connectivity index (χ1v) is 14.0. The SMILES string of the molecule is Cc1cc(C)nc(SCC(=O)N(Cc2ccccc2)[C@@H](C(=O)Nc2ccc3c(c2)OCO3)c2ccc(Cl)cc2)n1. The fourth-order valence-corrected chi connectivity index (χ4v) is 5.34. The molecule has 4 aromatic rings. The first kappa shape index (κ1) is 27.5. The number of fused-ring (bicyclic) bond motifs is 1. The summed E-state index contributed by atoms with van der Waals surface area (Å²) < 4.78 is 10.9. The highest BCUT2D eigenvalue weighted by molar-refractivity contribution is 7.99. The van der Waals surface area contributed by atoms with E-state index in [-0.39, 0.29) is 30.9 Å². The van der Waals surface area contributed by atoms with Gasteiger partial charge in [-0.15, -0.1) is 0 Å². The molecule has 1 aromatic heterocycles. The molecule has 0 saturated carbocycles. The van der Waals surface area contributed by atoms with Crippen LogP contribution in [0.2, 0.25) is 5.02 Å². The van der Waals surface area contributed by atoms with Gasteiger partial charge in [-0.3, -0.25) is 9.59 Å². The number of amides is 2. The van der Waals surface area contributed by atoms with Crippen molar-refractivity contribution in [3.63, 3.8) is 0 Å². The van der Waals surface area contributed by atoms with Crippen LogP contribution in [-0.4, -0.2) is 39.2 Å². The number of anilines is 1. The summed E-state index contributed by atoms with van der Waals surface area (Å²) in [5, 5.41) is 4.00. The third-order valence-corrected chi connectivity index (χ3v) is 7.27. The number of benzene rings is 3. The van der Waals surface area contributed by atoms with Crippen LogP contribution in [-0.2, 0) is 16.1 Å². The zero-order valence-electron chi connectivity index (χ0n) is 22.0. The van der Waals surface area contributed by atoms with E-state index in [9.17, 15) is 9.59 Å². The minimum absolute atomic E-state index is 0.0527. The average Bonchev–Trinajstić information content (AvgIpc) is 3.40. The number of carbonyl (C=O) groups excluding carboxylic acids is 2. The van der Waals surface area contributed by atoms with Crippen LogP contribution in [0.25, 0.3) is 0 Å². The van der Waals surface area contributed by atoms with Crippen molar-refractivity contribution in [3.05, 3.63) is 106 Å². The van der Waals surface area contributed by atoms with Gasteiger partial charge in [0.1, 0.15) is 6.04 Å². The standard InChI is InChI=1S/C30H27ClN4O4S/c1-19-14-20(2)33-30(32-19)40-17-27(36)35(16-21-6-4-3-5-7-21)28(22-8-10-23(31)11-9-22)29(37)34-24-12-13-25-26(15-24)39-18-38-25/h3-15,28H,16-18H2,1-2H3,(H,34,37)/t28-/m1/s1. The molecule has 40 heavy (non-hydrogen) atoms. The molecule has 0 unspecified atom stereocenters. The van der Waals surface area contributed by atoms with Gasteiger partial charge in [-0.2, -0.15) is 0 Å². The number of hydrogen-bond donors (Lipinski definition) is 1. The lowest BCUT2D eigenvalue weighted by Crippen LogP contribution is -2.41. The predicted octanol–water partition coefficient (Wildman–Crippen LogP) is 5.98. The second-order valence-corrected chi connectivity index (χ2v) is 10.6. The molecular formula is C30H27ClN4O4S. The molecule has 0 spiro atoms. The van der Waals surface area contributed by atoms with Crippen LogP contribution in [0.1, 0.15) is 28.6 Å². The Morgan fingerprint density at radius 3 is 2.38 bits per heavy atom. The van der Waals surface area contributed by atoms with Gasteiger partial charge in [0.25, 0.3) is 5.91 Å². The summed E-state index contributed by atoms with van der Waals surface area (Å²) in [6.45, 7) is 4.12. The van der Waals surface area contributed by atoms with Crippen molar-refractivity contribution in [1.82, 2.24) is 14.9 Å². The summed E-state index contributed by atoms with van der Waals surface area (Å²) in [4.78, 5) is 38.3. The largest absolute Gasteiger partial charge is 0.454 e. The lowest BCUT2D eigenvalue weighted by Gasteiger charge is -2.31. The molecule has 2 heterocycles. The maximum atomic E-state index is 14.0. The number of aryl methyl sites for hydroxylation is 2.